The molecule has 0 spiro atoms. The highest BCUT2D eigenvalue weighted by Gasteiger charge is 2.23. The molecule has 0 fully saturated rings. The monoisotopic (exact) mass is 193 g/mol. The van der Waals surface area contributed by atoms with Crippen molar-refractivity contribution >= 4 is 11.8 Å². The van der Waals surface area contributed by atoms with Crippen molar-refractivity contribution in [3.63, 3.8) is 0 Å². The first-order valence-corrected chi connectivity index (χ1v) is 4.85. The molecule has 0 radical (unpaired) electrons. The Morgan fingerprint density at radius 1 is 1.36 bits per heavy atom. The third-order valence-electron chi connectivity index (χ3n) is 2.07. The Labute approximate surface area is 84.1 Å². The van der Waals surface area contributed by atoms with Crippen LogP contribution in [0, 0.1) is 5.92 Å². The zero-order valence-electron chi connectivity index (χ0n) is 8.56. The van der Waals surface area contributed by atoms with Crippen molar-refractivity contribution in [2.45, 2.75) is 20.3 Å². The minimum absolute atomic E-state index is 0.202. The molecule has 0 bridgehead atoms. The number of amides is 2. The molecule has 1 atom stereocenters. The topological polar surface area (TPSA) is 37.4 Å². The summed E-state index contributed by atoms with van der Waals surface area (Å²) in [4.78, 5) is 23.6. The number of hydrogen-bond donors (Lipinski definition) is 0. The van der Waals surface area contributed by atoms with E-state index in [0.717, 1.165) is 6.42 Å². The largest absolute Gasteiger partial charge is 0.275 e. The summed E-state index contributed by atoms with van der Waals surface area (Å²) in [7, 11) is 0. The van der Waals surface area contributed by atoms with Crippen LogP contribution in [-0.4, -0.2) is 23.3 Å². The highest BCUT2D eigenvalue weighted by molar-refractivity contribution is 6.12. The molecule has 0 aromatic carbocycles. The van der Waals surface area contributed by atoms with Crippen molar-refractivity contribution in [3.8, 4) is 0 Å². The zero-order chi connectivity index (χ0) is 10.6. The van der Waals surface area contributed by atoms with Gasteiger partial charge in [-0.3, -0.25) is 14.5 Å². The van der Waals surface area contributed by atoms with Crippen LogP contribution >= 0.6 is 0 Å². The average molecular weight is 193 g/mol. The second kappa shape index (κ2) is 4.74. The van der Waals surface area contributed by atoms with Crippen molar-refractivity contribution in [1.29, 1.82) is 0 Å². The van der Waals surface area contributed by atoms with Crippen LogP contribution in [0.15, 0.2) is 24.3 Å². The van der Waals surface area contributed by atoms with Crippen LogP contribution in [0.1, 0.15) is 20.3 Å². The van der Waals surface area contributed by atoms with E-state index in [2.05, 4.69) is 6.92 Å². The lowest BCUT2D eigenvalue weighted by Gasteiger charge is -2.16. The number of carbonyl (C=O) groups excluding carboxylic acids is 2. The van der Waals surface area contributed by atoms with E-state index in [1.54, 1.807) is 0 Å². The fourth-order valence-electron chi connectivity index (χ4n) is 1.33. The first kappa shape index (κ1) is 10.7. The van der Waals surface area contributed by atoms with Crippen molar-refractivity contribution in [2.24, 2.45) is 5.92 Å². The van der Waals surface area contributed by atoms with Gasteiger partial charge in [0.15, 0.2) is 0 Å². The number of nitrogens with zero attached hydrogens (tertiary/aromatic N) is 1. The van der Waals surface area contributed by atoms with Gasteiger partial charge in [-0.15, -0.1) is 0 Å². The van der Waals surface area contributed by atoms with E-state index in [4.69, 9.17) is 0 Å². The summed E-state index contributed by atoms with van der Waals surface area (Å²) in [5.41, 5.74) is 0. The molecule has 1 aliphatic rings. The van der Waals surface area contributed by atoms with Crippen molar-refractivity contribution in [3.05, 3.63) is 24.3 Å². The summed E-state index contributed by atoms with van der Waals surface area (Å²) in [5.74, 6) is -0.179. The van der Waals surface area contributed by atoms with Crippen LogP contribution in [0.5, 0.6) is 0 Å². The van der Waals surface area contributed by atoms with Crippen LogP contribution in [0.2, 0.25) is 0 Å². The quantitative estimate of drug-likeness (QED) is 0.501. The van der Waals surface area contributed by atoms with E-state index in [-0.39, 0.29) is 17.7 Å². The number of allylic oxidation sites excluding steroid dienone is 1. The molecule has 3 heteroatoms. The summed E-state index contributed by atoms with van der Waals surface area (Å²) < 4.78 is 0. The second-order valence-electron chi connectivity index (χ2n) is 3.43. The molecule has 2 amide bonds. The SMILES string of the molecule is CC/C=C\C(C)CN1C(=O)C=CC1=O. The van der Waals surface area contributed by atoms with E-state index >= 15 is 0 Å². The number of hydrogen-bond acceptors (Lipinski definition) is 2. The molecule has 76 valence electrons. The Bertz CT molecular complexity index is 274. The standard InChI is InChI=1S/C11H15NO2/c1-3-4-5-9(2)8-12-10(13)6-7-11(12)14/h4-7,9H,3,8H2,1-2H3/b5-4-. The summed E-state index contributed by atoms with van der Waals surface area (Å²) in [6.07, 6.45) is 7.68. The van der Waals surface area contributed by atoms with Crippen LogP contribution in [0.4, 0.5) is 0 Å². The third-order valence-corrected chi connectivity index (χ3v) is 2.07. The summed E-state index contributed by atoms with van der Waals surface area (Å²) in [6.45, 7) is 4.52. The highest BCUT2D eigenvalue weighted by atomic mass is 16.2. The molecule has 1 rings (SSSR count). The van der Waals surface area contributed by atoms with Gasteiger partial charge < -0.3 is 0 Å². The third kappa shape index (κ3) is 2.55. The lowest BCUT2D eigenvalue weighted by atomic mass is 10.1. The Morgan fingerprint density at radius 3 is 2.43 bits per heavy atom. The first-order chi connectivity index (χ1) is 6.65. The van der Waals surface area contributed by atoms with Gasteiger partial charge in [0, 0.05) is 18.7 Å². The van der Waals surface area contributed by atoms with Crippen LogP contribution in [-0.2, 0) is 9.59 Å². The van der Waals surface area contributed by atoms with Gasteiger partial charge in [0.05, 0.1) is 0 Å². The Kier molecular flexibility index (Phi) is 3.63. The van der Waals surface area contributed by atoms with Gasteiger partial charge in [0.25, 0.3) is 11.8 Å². The lowest BCUT2D eigenvalue weighted by molar-refractivity contribution is -0.137. The molecular formula is C11H15NO2. The number of imide groups is 1. The minimum atomic E-state index is -0.202. The second-order valence-corrected chi connectivity index (χ2v) is 3.43. The maximum atomic E-state index is 11.2. The van der Waals surface area contributed by atoms with Gasteiger partial charge in [0.1, 0.15) is 0 Å². The van der Waals surface area contributed by atoms with E-state index in [1.165, 1.54) is 17.1 Å². The predicted octanol–water partition coefficient (Wildman–Crippen LogP) is 1.51. The van der Waals surface area contributed by atoms with E-state index in [0.29, 0.717) is 6.54 Å². The van der Waals surface area contributed by atoms with Gasteiger partial charge in [-0.2, -0.15) is 0 Å². The predicted molar refractivity (Wildman–Crippen MR) is 54.5 cm³/mol. The van der Waals surface area contributed by atoms with E-state index < -0.39 is 0 Å². The Balaban J connectivity index is 2.48. The highest BCUT2D eigenvalue weighted by Crippen LogP contribution is 2.08. The molecule has 0 aliphatic carbocycles. The fraction of sp³-hybridized carbons (Fsp3) is 0.455. The number of rotatable bonds is 4. The molecule has 0 saturated carbocycles. The van der Waals surface area contributed by atoms with Crippen LogP contribution < -0.4 is 0 Å². The van der Waals surface area contributed by atoms with E-state index in [1.807, 2.05) is 19.1 Å². The number of carbonyl (C=O) groups is 2. The van der Waals surface area contributed by atoms with Gasteiger partial charge >= 0.3 is 0 Å². The first-order valence-electron chi connectivity index (χ1n) is 4.85. The molecule has 1 aliphatic heterocycles. The molecule has 0 aromatic heterocycles. The Morgan fingerprint density at radius 2 is 1.93 bits per heavy atom. The summed E-state index contributed by atoms with van der Waals surface area (Å²) >= 11 is 0. The van der Waals surface area contributed by atoms with Crippen LogP contribution in [0.3, 0.4) is 0 Å². The maximum absolute atomic E-state index is 11.2. The molecule has 14 heavy (non-hydrogen) atoms. The molecule has 0 N–H and O–H groups in total. The normalized spacial score (nSPS) is 18.6. The van der Waals surface area contributed by atoms with Crippen molar-refractivity contribution in [1.82, 2.24) is 4.90 Å². The van der Waals surface area contributed by atoms with Crippen molar-refractivity contribution < 1.29 is 9.59 Å². The molecule has 1 unspecified atom stereocenters. The minimum Gasteiger partial charge on any atom is -0.275 e. The van der Waals surface area contributed by atoms with Gasteiger partial charge in [-0.25, -0.2) is 0 Å². The summed E-state index contributed by atoms with van der Waals surface area (Å²) in [5, 5.41) is 0. The maximum Gasteiger partial charge on any atom is 0.253 e. The average Bonchev–Trinajstić information content (AvgIpc) is 2.46. The zero-order valence-corrected chi connectivity index (χ0v) is 8.56. The van der Waals surface area contributed by atoms with Gasteiger partial charge in [0.2, 0.25) is 0 Å². The molecule has 1 heterocycles. The van der Waals surface area contributed by atoms with Gasteiger partial charge in [-0.1, -0.05) is 26.0 Å². The summed E-state index contributed by atoms with van der Waals surface area (Å²) in [6, 6.07) is 0. The van der Waals surface area contributed by atoms with Gasteiger partial charge in [-0.05, 0) is 12.3 Å². The fourth-order valence-corrected chi connectivity index (χ4v) is 1.33. The van der Waals surface area contributed by atoms with Crippen molar-refractivity contribution in [2.75, 3.05) is 6.54 Å². The van der Waals surface area contributed by atoms with Crippen LogP contribution in [0.25, 0.3) is 0 Å². The lowest BCUT2D eigenvalue weighted by Crippen LogP contribution is -2.33. The van der Waals surface area contributed by atoms with E-state index in [9.17, 15) is 9.59 Å². The molecule has 0 saturated heterocycles. The molecule has 0 aromatic rings. The molecular weight excluding hydrogens is 178 g/mol. The molecule has 3 nitrogen and oxygen atoms in total. The smallest absolute Gasteiger partial charge is 0.253 e. The Hall–Kier alpha value is -1.38.